The van der Waals surface area contributed by atoms with Gasteiger partial charge in [0.1, 0.15) is 5.75 Å². The van der Waals surface area contributed by atoms with Crippen molar-refractivity contribution in [3.63, 3.8) is 0 Å². The van der Waals surface area contributed by atoms with E-state index in [4.69, 9.17) is 4.74 Å². The maximum atomic E-state index is 13.0. The third kappa shape index (κ3) is 7.53. The first-order valence-corrected chi connectivity index (χ1v) is 13.6. The van der Waals surface area contributed by atoms with E-state index < -0.39 is 10.9 Å². The van der Waals surface area contributed by atoms with Crippen molar-refractivity contribution in [2.45, 2.75) is 57.4 Å². The van der Waals surface area contributed by atoms with E-state index in [1.807, 2.05) is 4.90 Å². The number of carbonyl (C=O) groups is 2. The summed E-state index contributed by atoms with van der Waals surface area (Å²) in [6.07, 6.45) is 9.91. The van der Waals surface area contributed by atoms with Crippen LogP contribution in [0.5, 0.6) is 5.75 Å². The molecule has 2 aliphatic carbocycles. The van der Waals surface area contributed by atoms with Gasteiger partial charge in [0.05, 0.1) is 10.8 Å². The summed E-state index contributed by atoms with van der Waals surface area (Å²) in [5.74, 6) is 1.04. The molecule has 0 spiro atoms. The Morgan fingerprint density at radius 1 is 1.14 bits per heavy atom. The zero-order valence-electron chi connectivity index (χ0n) is 21.5. The highest BCUT2D eigenvalue weighted by atomic mass is 16.6. The maximum Gasteiger partial charge on any atom is 0.306 e. The number of carboxylic acids is 1. The monoisotopic (exact) mass is 513 g/mol. The second-order valence-corrected chi connectivity index (χ2v) is 11.0. The number of amides is 1. The second-order valence-electron chi connectivity index (χ2n) is 11.0. The quantitative estimate of drug-likeness (QED) is 0.237. The van der Waals surface area contributed by atoms with E-state index in [-0.39, 0.29) is 30.2 Å². The highest BCUT2D eigenvalue weighted by molar-refractivity contribution is 5.78. The van der Waals surface area contributed by atoms with Crippen molar-refractivity contribution >= 4 is 17.6 Å². The highest BCUT2D eigenvalue weighted by Crippen LogP contribution is 2.43. The predicted octanol–water partition coefficient (Wildman–Crippen LogP) is 4.37. The Kier molecular flexibility index (Phi) is 9.18. The Bertz CT molecular complexity index is 955. The summed E-state index contributed by atoms with van der Waals surface area (Å²) in [4.78, 5) is 39.4. The molecule has 1 aliphatic heterocycles. The summed E-state index contributed by atoms with van der Waals surface area (Å²) in [5.41, 5.74) is -0.0215. The number of carbonyl (C=O) groups excluding carboxylic acids is 1. The van der Waals surface area contributed by atoms with E-state index in [1.54, 1.807) is 6.08 Å². The summed E-state index contributed by atoms with van der Waals surface area (Å²) in [6.45, 7) is 6.99. The van der Waals surface area contributed by atoms with Gasteiger partial charge in [-0.15, -0.1) is 6.58 Å². The Hall–Kier alpha value is -2.94. The predicted molar refractivity (Wildman–Crippen MR) is 139 cm³/mol. The number of non-ortho nitro benzene ring substituents is 1. The van der Waals surface area contributed by atoms with Gasteiger partial charge in [-0.1, -0.05) is 18.9 Å². The highest BCUT2D eigenvalue weighted by Gasteiger charge is 2.39. The molecule has 1 N–H and O–H groups in total. The van der Waals surface area contributed by atoms with Crippen molar-refractivity contribution in [2.24, 2.45) is 23.7 Å². The largest absolute Gasteiger partial charge is 0.484 e. The van der Waals surface area contributed by atoms with Crippen LogP contribution in [0.1, 0.15) is 51.4 Å². The Balaban J connectivity index is 1.22. The number of likely N-dealkylation sites (tertiary alicyclic amines) is 1. The first kappa shape index (κ1) is 27.1. The number of rotatable bonds is 13. The lowest BCUT2D eigenvalue weighted by atomic mass is 9.86. The molecule has 0 aromatic heterocycles. The lowest BCUT2D eigenvalue weighted by Gasteiger charge is -2.39. The van der Waals surface area contributed by atoms with E-state index in [2.05, 4.69) is 11.5 Å². The number of ether oxygens (including phenoxy) is 1. The van der Waals surface area contributed by atoms with Crippen LogP contribution in [-0.2, 0) is 9.59 Å². The molecule has 3 aliphatic rings. The number of nitro groups is 1. The van der Waals surface area contributed by atoms with Crippen LogP contribution in [0, 0.1) is 33.8 Å². The summed E-state index contributed by atoms with van der Waals surface area (Å²) >= 11 is 0. The molecule has 37 heavy (non-hydrogen) atoms. The molecule has 2 unspecified atom stereocenters. The van der Waals surface area contributed by atoms with Crippen LogP contribution >= 0.6 is 0 Å². The number of aliphatic carboxylic acids is 1. The molecule has 2 saturated carbocycles. The average Bonchev–Trinajstić information content (AvgIpc) is 3.61. The normalized spacial score (nSPS) is 23.4. The van der Waals surface area contributed by atoms with Gasteiger partial charge in [-0.3, -0.25) is 19.7 Å². The fourth-order valence-electron chi connectivity index (χ4n) is 6.12. The van der Waals surface area contributed by atoms with Crippen molar-refractivity contribution in [3.8, 4) is 5.75 Å². The number of carboxylic acid groups (broad SMARTS) is 1. The minimum atomic E-state index is -0.608. The van der Waals surface area contributed by atoms with E-state index in [9.17, 15) is 24.8 Å². The zero-order chi connectivity index (χ0) is 26.4. The maximum absolute atomic E-state index is 13.0. The van der Waals surface area contributed by atoms with Crippen LogP contribution in [0.2, 0.25) is 0 Å². The van der Waals surface area contributed by atoms with Gasteiger partial charge in [0.25, 0.3) is 11.6 Å². The Labute approximate surface area is 218 Å². The number of benzene rings is 1. The van der Waals surface area contributed by atoms with Crippen molar-refractivity contribution in [3.05, 3.63) is 47.0 Å². The Morgan fingerprint density at radius 3 is 2.41 bits per heavy atom. The topological polar surface area (TPSA) is 113 Å². The lowest BCUT2D eigenvalue weighted by molar-refractivity contribution is -0.384. The number of piperidine rings is 1. The number of nitro benzene ring substituents is 1. The van der Waals surface area contributed by atoms with Crippen LogP contribution < -0.4 is 4.74 Å². The molecule has 1 aromatic carbocycles. The Morgan fingerprint density at radius 2 is 1.81 bits per heavy atom. The van der Waals surface area contributed by atoms with Crippen molar-refractivity contribution in [2.75, 3.05) is 32.8 Å². The van der Waals surface area contributed by atoms with Crippen LogP contribution in [-0.4, -0.2) is 70.5 Å². The summed E-state index contributed by atoms with van der Waals surface area (Å²) in [6, 6.07) is 5.84. The number of nitrogens with zero attached hydrogens (tertiary/aromatic N) is 3. The lowest BCUT2D eigenvalue weighted by Crippen LogP contribution is -2.49. The van der Waals surface area contributed by atoms with Gasteiger partial charge in [-0.05, 0) is 68.4 Å². The van der Waals surface area contributed by atoms with Crippen LogP contribution in [0.25, 0.3) is 0 Å². The molecule has 1 saturated heterocycles. The van der Waals surface area contributed by atoms with Crippen molar-refractivity contribution in [1.82, 2.24) is 9.80 Å². The third-order valence-electron chi connectivity index (χ3n) is 8.32. The molecular weight excluding hydrogens is 474 g/mol. The van der Waals surface area contributed by atoms with Gasteiger partial charge in [0, 0.05) is 44.4 Å². The molecule has 4 rings (SSSR count). The molecule has 202 valence electrons. The van der Waals surface area contributed by atoms with Gasteiger partial charge >= 0.3 is 5.97 Å². The molecule has 1 aromatic rings. The minimum Gasteiger partial charge on any atom is -0.484 e. The fourth-order valence-corrected chi connectivity index (χ4v) is 6.12. The molecule has 3 atom stereocenters. The molecule has 3 fully saturated rings. The van der Waals surface area contributed by atoms with Gasteiger partial charge in [0.2, 0.25) is 0 Å². The van der Waals surface area contributed by atoms with Gasteiger partial charge < -0.3 is 19.6 Å². The van der Waals surface area contributed by atoms with Crippen molar-refractivity contribution in [1.29, 1.82) is 0 Å². The summed E-state index contributed by atoms with van der Waals surface area (Å²) in [7, 11) is 0. The van der Waals surface area contributed by atoms with E-state index in [0.29, 0.717) is 30.0 Å². The molecular formula is C28H39N3O6. The molecule has 0 radical (unpaired) electrons. The number of hydrogen-bond acceptors (Lipinski definition) is 6. The number of hydrogen-bond donors (Lipinski definition) is 1. The summed E-state index contributed by atoms with van der Waals surface area (Å²) < 4.78 is 5.60. The molecule has 1 heterocycles. The zero-order valence-corrected chi connectivity index (χ0v) is 21.5. The molecule has 0 bridgehead atoms. The van der Waals surface area contributed by atoms with Crippen LogP contribution in [0.3, 0.4) is 0 Å². The molecule has 1 amide bonds. The van der Waals surface area contributed by atoms with E-state index in [0.717, 1.165) is 58.2 Å². The van der Waals surface area contributed by atoms with Gasteiger partial charge in [0.15, 0.2) is 6.61 Å². The first-order valence-electron chi connectivity index (χ1n) is 13.6. The van der Waals surface area contributed by atoms with Crippen molar-refractivity contribution < 1.29 is 24.4 Å². The first-order chi connectivity index (χ1) is 17.8. The third-order valence-corrected chi connectivity index (χ3v) is 8.32. The van der Waals surface area contributed by atoms with Gasteiger partial charge in [-0.25, -0.2) is 0 Å². The standard InChI is InChI=1S/C28H39N3O6/c1-2-13-30(27(32)19-37-25-9-7-24(8-10-25)31(35)36)23-11-14-29(15-12-23)18-21-5-6-22(16-21)26(28(33)34)17-20-3-4-20/h2,7-10,20-23,26H,1,3-6,11-19H2,(H,33,34)/t21-,22?,26?/m1/s1. The minimum absolute atomic E-state index is 0.0215. The van der Waals surface area contributed by atoms with E-state index in [1.165, 1.54) is 37.1 Å². The van der Waals surface area contributed by atoms with Gasteiger partial charge in [-0.2, -0.15) is 0 Å². The summed E-state index contributed by atoms with van der Waals surface area (Å²) in [5, 5.41) is 20.5. The van der Waals surface area contributed by atoms with E-state index >= 15 is 0 Å². The van der Waals surface area contributed by atoms with Crippen LogP contribution in [0.15, 0.2) is 36.9 Å². The molecule has 9 heteroatoms. The van der Waals surface area contributed by atoms with Crippen LogP contribution in [0.4, 0.5) is 5.69 Å². The second kappa shape index (κ2) is 12.5. The fraction of sp³-hybridized carbons (Fsp3) is 0.643. The smallest absolute Gasteiger partial charge is 0.306 e. The molecule has 9 nitrogen and oxygen atoms in total. The SMILES string of the molecule is C=CCN(C(=O)COc1ccc([N+](=O)[O-])cc1)C1CCN(C[C@@H]2CCC(C(CC3CC3)C(=O)O)C2)CC1. The average molecular weight is 514 g/mol.